The molecule has 2 aromatic rings. The predicted octanol–water partition coefficient (Wildman–Crippen LogP) is 4.29. The average Bonchev–Trinajstić information content (AvgIpc) is 2.41. The zero-order valence-electron chi connectivity index (χ0n) is 12.6. The highest BCUT2D eigenvalue weighted by atomic mass is 35.5. The molecule has 0 radical (unpaired) electrons. The molecule has 0 saturated carbocycles. The Morgan fingerprint density at radius 1 is 1.05 bits per heavy atom. The van der Waals surface area contributed by atoms with Gasteiger partial charge in [-0.3, -0.25) is 0 Å². The van der Waals surface area contributed by atoms with E-state index >= 15 is 0 Å². The van der Waals surface area contributed by atoms with E-state index in [2.05, 4.69) is 53.0 Å². The maximum Gasteiger partial charge on any atom is 0.136 e. The molecule has 0 saturated heterocycles. The molecule has 0 aliphatic carbocycles. The van der Waals surface area contributed by atoms with E-state index in [1.165, 1.54) is 0 Å². The van der Waals surface area contributed by atoms with Crippen molar-refractivity contribution in [2.24, 2.45) is 0 Å². The van der Waals surface area contributed by atoms with Gasteiger partial charge in [0.1, 0.15) is 11.0 Å². The molecular formula is C16H20ClN3. The molecule has 20 heavy (non-hydrogen) atoms. The van der Waals surface area contributed by atoms with Crippen LogP contribution in [0.4, 0.5) is 5.69 Å². The Hall–Kier alpha value is -1.61. The fraction of sp³-hybridized carbons (Fsp3) is 0.375. The van der Waals surface area contributed by atoms with Crippen LogP contribution in [0, 0.1) is 6.92 Å². The van der Waals surface area contributed by atoms with Crippen LogP contribution in [0.5, 0.6) is 0 Å². The van der Waals surface area contributed by atoms with Gasteiger partial charge in [0.05, 0.1) is 5.69 Å². The van der Waals surface area contributed by atoms with Crippen LogP contribution < -0.4 is 4.90 Å². The molecule has 4 heteroatoms. The van der Waals surface area contributed by atoms with Gasteiger partial charge < -0.3 is 4.90 Å². The maximum atomic E-state index is 6.24. The number of hydrogen-bond acceptors (Lipinski definition) is 3. The molecule has 1 aromatic heterocycles. The van der Waals surface area contributed by atoms with Gasteiger partial charge in [-0.2, -0.15) is 0 Å². The van der Waals surface area contributed by atoms with Crippen LogP contribution in [-0.2, 0) is 0 Å². The van der Waals surface area contributed by atoms with Gasteiger partial charge in [-0.15, -0.1) is 0 Å². The lowest BCUT2D eigenvalue weighted by molar-refractivity contribution is 0.773. The van der Waals surface area contributed by atoms with E-state index in [1.807, 2.05) is 21.0 Å². The summed E-state index contributed by atoms with van der Waals surface area (Å²) in [6.45, 7) is 6.10. The third-order valence-corrected chi connectivity index (χ3v) is 3.65. The minimum absolute atomic E-state index is 0.257. The second-order valence-electron chi connectivity index (χ2n) is 5.44. The summed E-state index contributed by atoms with van der Waals surface area (Å²) in [6, 6.07) is 8.32. The van der Waals surface area contributed by atoms with Crippen molar-refractivity contribution in [2.75, 3.05) is 19.0 Å². The second kappa shape index (κ2) is 5.80. The van der Waals surface area contributed by atoms with E-state index in [0.717, 1.165) is 28.3 Å². The molecule has 0 aliphatic heterocycles. The van der Waals surface area contributed by atoms with Gasteiger partial charge in [-0.1, -0.05) is 37.6 Å². The van der Waals surface area contributed by atoms with E-state index in [9.17, 15) is 0 Å². The Bertz CT molecular complexity index is 604. The first kappa shape index (κ1) is 14.8. The molecule has 0 atom stereocenters. The van der Waals surface area contributed by atoms with Gasteiger partial charge in [0, 0.05) is 36.8 Å². The summed E-state index contributed by atoms with van der Waals surface area (Å²) in [5, 5.41) is 0.537. The molecule has 3 nitrogen and oxygen atoms in total. The van der Waals surface area contributed by atoms with Crippen molar-refractivity contribution in [1.29, 1.82) is 0 Å². The van der Waals surface area contributed by atoms with Gasteiger partial charge >= 0.3 is 0 Å². The Balaban J connectivity index is 2.51. The number of anilines is 1. The Morgan fingerprint density at radius 3 is 2.15 bits per heavy atom. The Kier molecular flexibility index (Phi) is 4.29. The number of aromatic nitrogens is 2. The van der Waals surface area contributed by atoms with Crippen molar-refractivity contribution >= 4 is 17.3 Å². The van der Waals surface area contributed by atoms with Crippen molar-refractivity contribution in [3.63, 3.8) is 0 Å². The first-order chi connectivity index (χ1) is 9.40. The topological polar surface area (TPSA) is 29.0 Å². The van der Waals surface area contributed by atoms with Crippen LogP contribution in [0.1, 0.15) is 31.2 Å². The number of rotatable bonds is 3. The number of nitrogens with zero attached hydrogens (tertiary/aromatic N) is 3. The molecule has 0 fully saturated rings. The standard InChI is InChI=1S/C16H20ClN3/c1-10(2)16-18-14(11(3)15(17)19-16)12-6-8-13(9-7-12)20(4)5/h6-10H,1-5H3. The summed E-state index contributed by atoms with van der Waals surface area (Å²) in [7, 11) is 4.05. The molecule has 0 N–H and O–H groups in total. The van der Waals surface area contributed by atoms with E-state index in [0.29, 0.717) is 5.15 Å². The van der Waals surface area contributed by atoms with Crippen molar-refractivity contribution in [1.82, 2.24) is 9.97 Å². The van der Waals surface area contributed by atoms with Gasteiger partial charge in [0.2, 0.25) is 0 Å². The summed E-state index contributed by atoms with van der Waals surface area (Å²) in [6.07, 6.45) is 0. The largest absolute Gasteiger partial charge is 0.378 e. The molecular weight excluding hydrogens is 270 g/mol. The van der Waals surface area contributed by atoms with Gasteiger partial charge in [0.15, 0.2) is 0 Å². The van der Waals surface area contributed by atoms with Crippen LogP contribution in [-0.4, -0.2) is 24.1 Å². The maximum absolute atomic E-state index is 6.24. The van der Waals surface area contributed by atoms with Gasteiger partial charge in [-0.25, -0.2) is 9.97 Å². The smallest absolute Gasteiger partial charge is 0.136 e. The quantitative estimate of drug-likeness (QED) is 0.789. The van der Waals surface area contributed by atoms with Crippen molar-refractivity contribution in [3.8, 4) is 11.3 Å². The van der Waals surface area contributed by atoms with Gasteiger partial charge in [0.25, 0.3) is 0 Å². The third-order valence-electron chi connectivity index (χ3n) is 3.28. The zero-order chi connectivity index (χ0) is 14.9. The van der Waals surface area contributed by atoms with E-state index in [-0.39, 0.29) is 5.92 Å². The monoisotopic (exact) mass is 289 g/mol. The van der Waals surface area contributed by atoms with Crippen molar-refractivity contribution < 1.29 is 0 Å². The first-order valence-electron chi connectivity index (χ1n) is 6.72. The fourth-order valence-electron chi connectivity index (χ4n) is 1.96. The lowest BCUT2D eigenvalue weighted by atomic mass is 10.1. The van der Waals surface area contributed by atoms with Crippen molar-refractivity contribution in [2.45, 2.75) is 26.7 Å². The molecule has 1 heterocycles. The summed E-state index contributed by atoms with van der Waals surface area (Å²) >= 11 is 6.24. The van der Waals surface area contributed by atoms with Crippen LogP contribution >= 0.6 is 11.6 Å². The lowest BCUT2D eigenvalue weighted by Crippen LogP contribution is -2.08. The molecule has 0 unspecified atom stereocenters. The lowest BCUT2D eigenvalue weighted by Gasteiger charge is -2.14. The Labute approximate surface area is 125 Å². The number of benzene rings is 1. The average molecular weight is 290 g/mol. The second-order valence-corrected chi connectivity index (χ2v) is 5.80. The minimum Gasteiger partial charge on any atom is -0.378 e. The molecule has 0 spiro atoms. The summed E-state index contributed by atoms with van der Waals surface area (Å²) in [5.41, 5.74) is 4.07. The minimum atomic E-state index is 0.257. The number of halogens is 1. The third kappa shape index (κ3) is 2.93. The zero-order valence-corrected chi connectivity index (χ0v) is 13.4. The molecule has 1 aromatic carbocycles. The normalized spacial score (nSPS) is 10.9. The first-order valence-corrected chi connectivity index (χ1v) is 7.09. The van der Waals surface area contributed by atoms with E-state index in [4.69, 9.17) is 11.6 Å². The highest BCUT2D eigenvalue weighted by Crippen LogP contribution is 2.28. The van der Waals surface area contributed by atoms with E-state index < -0.39 is 0 Å². The van der Waals surface area contributed by atoms with E-state index in [1.54, 1.807) is 0 Å². The number of hydrogen-bond donors (Lipinski definition) is 0. The summed E-state index contributed by atoms with van der Waals surface area (Å²) in [4.78, 5) is 11.1. The molecule has 0 amide bonds. The molecule has 0 bridgehead atoms. The van der Waals surface area contributed by atoms with Crippen LogP contribution in [0.25, 0.3) is 11.3 Å². The fourth-order valence-corrected chi connectivity index (χ4v) is 2.14. The highest BCUT2D eigenvalue weighted by molar-refractivity contribution is 6.30. The SMILES string of the molecule is Cc1c(Cl)nc(C(C)C)nc1-c1ccc(N(C)C)cc1. The molecule has 0 aliphatic rings. The van der Waals surface area contributed by atoms with Crippen LogP contribution in [0.2, 0.25) is 5.15 Å². The van der Waals surface area contributed by atoms with Crippen molar-refractivity contribution in [3.05, 3.63) is 40.8 Å². The summed E-state index contributed by atoms with van der Waals surface area (Å²) in [5.74, 6) is 1.04. The summed E-state index contributed by atoms with van der Waals surface area (Å²) < 4.78 is 0. The molecule has 2 rings (SSSR count). The van der Waals surface area contributed by atoms with Crippen LogP contribution in [0.3, 0.4) is 0 Å². The van der Waals surface area contributed by atoms with Crippen LogP contribution in [0.15, 0.2) is 24.3 Å². The Morgan fingerprint density at radius 2 is 1.65 bits per heavy atom. The predicted molar refractivity (Wildman–Crippen MR) is 85.6 cm³/mol. The molecule has 106 valence electrons. The highest BCUT2D eigenvalue weighted by Gasteiger charge is 2.13. The van der Waals surface area contributed by atoms with Gasteiger partial charge in [-0.05, 0) is 19.1 Å².